The van der Waals surface area contributed by atoms with E-state index in [4.69, 9.17) is 0 Å². The van der Waals surface area contributed by atoms with Gasteiger partial charge in [-0.15, -0.1) is 0 Å². The van der Waals surface area contributed by atoms with E-state index in [2.05, 4.69) is 5.32 Å². The number of rotatable bonds is 4. The molecule has 3 aliphatic rings. The smallest absolute Gasteiger partial charge is 0.325 e. The molecule has 1 aromatic rings. The maximum Gasteiger partial charge on any atom is 0.325 e. The number of nitrogens with one attached hydrogen (secondary N) is 1. The molecule has 4 rings (SSSR count). The summed E-state index contributed by atoms with van der Waals surface area (Å²) in [4.78, 5) is 41.0. The molecule has 1 saturated carbocycles. The van der Waals surface area contributed by atoms with E-state index in [1.54, 1.807) is 0 Å². The summed E-state index contributed by atoms with van der Waals surface area (Å²) in [7, 11) is 0. The first-order valence-electron chi connectivity index (χ1n) is 9.95. The highest BCUT2D eigenvalue weighted by atomic mass is 16.2. The minimum absolute atomic E-state index is 0.00922. The third-order valence-electron chi connectivity index (χ3n) is 6.31. The highest BCUT2D eigenvalue weighted by molar-refractivity contribution is 6.07. The molecule has 0 aromatic heterocycles. The van der Waals surface area contributed by atoms with E-state index < -0.39 is 5.54 Å². The molecular weight excluding hydrogens is 342 g/mol. The molecule has 2 heterocycles. The van der Waals surface area contributed by atoms with E-state index in [0.29, 0.717) is 26.1 Å². The second-order valence-electron chi connectivity index (χ2n) is 8.26. The zero-order valence-corrected chi connectivity index (χ0v) is 15.9. The zero-order valence-electron chi connectivity index (χ0n) is 15.9. The quantitative estimate of drug-likeness (QED) is 0.830. The Morgan fingerprint density at radius 2 is 1.85 bits per heavy atom. The molecule has 144 valence electrons. The van der Waals surface area contributed by atoms with E-state index >= 15 is 0 Å². The summed E-state index contributed by atoms with van der Waals surface area (Å²) in [5.74, 6) is 0.0228. The van der Waals surface area contributed by atoms with Crippen LogP contribution in [0.1, 0.15) is 49.7 Å². The molecule has 0 radical (unpaired) electrons. The number of nitrogens with zero attached hydrogens (tertiary/aromatic N) is 2. The molecule has 27 heavy (non-hydrogen) atoms. The molecular formula is C21H27N3O3. The Balaban J connectivity index is 1.40. The minimum atomic E-state index is -0.682. The lowest BCUT2D eigenvalue weighted by atomic mass is 9.81. The number of hydrogen-bond acceptors (Lipinski definition) is 3. The van der Waals surface area contributed by atoms with Crippen LogP contribution in [0, 0.1) is 12.8 Å². The first-order chi connectivity index (χ1) is 13.0. The van der Waals surface area contributed by atoms with Crippen LogP contribution >= 0.6 is 0 Å². The van der Waals surface area contributed by atoms with Crippen LogP contribution in [0.3, 0.4) is 0 Å². The van der Waals surface area contributed by atoms with E-state index in [-0.39, 0.29) is 23.8 Å². The molecule has 1 atom stereocenters. The molecule has 1 aliphatic carbocycles. The fourth-order valence-electron chi connectivity index (χ4n) is 4.72. The van der Waals surface area contributed by atoms with Crippen molar-refractivity contribution in [1.82, 2.24) is 15.1 Å². The van der Waals surface area contributed by atoms with Gasteiger partial charge >= 0.3 is 6.03 Å². The maximum atomic E-state index is 12.9. The SMILES string of the molecule is Cc1ccccc1CN1CC(CN2C(=O)NC3(CCCCC3)C2=O)CC1=O. The number of urea groups is 1. The van der Waals surface area contributed by atoms with E-state index in [9.17, 15) is 14.4 Å². The molecule has 0 bridgehead atoms. The van der Waals surface area contributed by atoms with Crippen molar-refractivity contribution in [2.75, 3.05) is 13.1 Å². The van der Waals surface area contributed by atoms with E-state index in [0.717, 1.165) is 37.7 Å². The Kier molecular flexibility index (Phi) is 4.66. The van der Waals surface area contributed by atoms with E-state index in [1.807, 2.05) is 36.1 Å². The van der Waals surface area contributed by atoms with Crippen LogP contribution in [-0.2, 0) is 16.1 Å². The Labute approximate surface area is 159 Å². The third kappa shape index (κ3) is 3.33. The Hall–Kier alpha value is -2.37. The van der Waals surface area contributed by atoms with Gasteiger partial charge in [-0.25, -0.2) is 4.79 Å². The lowest BCUT2D eigenvalue weighted by Crippen LogP contribution is -2.48. The number of benzene rings is 1. The van der Waals surface area contributed by atoms with Gasteiger partial charge in [-0.3, -0.25) is 14.5 Å². The molecule has 1 unspecified atom stereocenters. The molecule has 1 N–H and O–H groups in total. The molecule has 6 nitrogen and oxygen atoms in total. The van der Waals surface area contributed by atoms with Crippen molar-refractivity contribution < 1.29 is 14.4 Å². The molecule has 3 fully saturated rings. The van der Waals surface area contributed by atoms with Crippen molar-refractivity contribution in [2.24, 2.45) is 5.92 Å². The van der Waals surface area contributed by atoms with Gasteiger partial charge in [-0.05, 0) is 30.9 Å². The van der Waals surface area contributed by atoms with Crippen LogP contribution in [0.2, 0.25) is 0 Å². The van der Waals surface area contributed by atoms with Crippen molar-refractivity contribution in [3.63, 3.8) is 0 Å². The van der Waals surface area contributed by atoms with Crippen molar-refractivity contribution in [3.05, 3.63) is 35.4 Å². The monoisotopic (exact) mass is 369 g/mol. The number of aryl methyl sites for hydroxylation is 1. The van der Waals surface area contributed by atoms with Crippen molar-refractivity contribution >= 4 is 17.8 Å². The van der Waals surface area contributed by atoms with Crippen molar-refractivity contribution in [3.8, 4) is 0 Å². The van der Waals surface area contributed by atoms with Gasteiger partial charge < -0.3 is 10.2 Å². The maximum absolute atomic E-state index is 12.9. The van der Waals surface area contributed by atoms with Gasteiger partial charge in [0.05, 0.1) is 0 Å². The molecule has 4 amide bonds. The van der Waals surface area contributed by atoms with Gasteiger partial charge in [0.25, 0.3) is 5.91 Å². The largest absolute Gasteiger partial charge is 0.338 e. The average Bonchev–Trinajstić information content (AvgIpc) is 3.10. The summed E-state index contributed by atoms with van der Waals surface area (Å²) in [6, 6.07) is 7.78. The van der Waals surface area contributed by atoms with Gasteiger partial charge in [0, 0.05) is 32.0 Å². The van der Waals surface area contributed by atoms with Gasteiger partial charge in [-0.2, -0.15) is 0 Å². The molecule has 6 heteroatoms. The molecule has 1 spiro atoms. The second kappa shape index (κ2) is 6.98. The Morgan fingerprint density at radius 3 is 2.59 bits per heavy atom. The highest BCUT2D eigenvalue weighted by Gasteiger charge is 2.52. The third-order valence-corrected chi connectivity index (χ3v) is 6.31. The zero-order chi connectivity index (χ0) is 19.0. The predicted octanol–water partition coefficient (Wildman–Crippen LogP) is 2.60. The number of carbonyl (C=O) groups excluding carboxylic acids is 3. The van der Waals surface area contributed by atoms with Crippen LogP contribution in [0.25, 0.3) is 0 Å². The topological polar surface area (TPSA) is 69.7 Å². The number of hydrogen-bond donors (Lipinski definition) is 1. The average molecular weight is 369 g/mol. The summed E-state index contributed by atoms with van der Waals surface area (Å²) >= 11 is 0. The fourth-order valence-corrected chi connectivity index (χ4v) is 4.72. The predicted molar refractivity (Wildman–Crippen MR) is 101 cm³/mol. The lowest BCUT2D eigenvalue weighted by molar-refractivity contribution is -0.133. The van der Waals surface area contributed by atoms with Crippen LogP contribution in [-0.4, -0.2) is 46.3 Å². The first-order valence-corrected chi connectivity index (χ1v) is 9.95. The van der Waals surface area contributed by atoms with Gasteiger partial charge in [0.2, 0.25) is 5.91 Å². The standard InChI is InChI=1S/C21H27N3O3/c1-15-7-3-4-8-17(15)14-23-12-16(11-18(23)25)13-24-19(26)21(22-20(24)27)9-5-2-6-10-21/h3-4,7-8,16H,2,5-6,9-14H2,1H3,(H,22,27). The van der Waals surface area contributed by atoms with Gasteiger partial charge in [0.1, 0.15) is 5.54 Å². The number of amides is 4. The summed E-state index contributed by atoms with van der Waals surface area (Å²) < 4.78 is 0. The van der Waals surface area contributed by atoms with Crippen LogP contribution in [0.5, 0.6) is 0 Å². The van der Waals surface area contributed by atoms with Crippen molar-refractivity contribution in [1.29, 1.82) is 0 Å². The normalized spacial score (nSPS) is 24.8. The summed E-state index contributed by atoms with van der Waals surface area (Å²) in [5, 5.41) is 2.95. The lowest BCUT2D eigenvalue weighted by Gasteiger charge is -2.30. The molecule has 1 aromatic carbocycles. The van der Waals surface area contributed by atoms with E-state index in [1.165, 1.54) is 10.5 Å². The van der Waals surface area contributed by atoms with Gasteiger partial charge in [-0.1, -0.05) is 43.5 Å². The summed E-state index contributed by atoms with van der Waals surface area (Å²) in [6.45, 7) is 3.57. The van der Waals surface area contributed by atoms with Crippen molar-refractivity contribution in [2.45, 2.75) is 57.5 Å². The second-order valence-corrected chi connectivity index (χ2v) is 8.26. The summed E-state index contributed by atoms with van der Waals surface area (Å²) in [6.07, 6.45) is 4.94. The van der Waals surface area contributed by atoms with Crippen LogP contribution in [0.4, 0.5) is 4.79 Å². The summed E-state index contributed by atoms with van der Waals surface area (Å²) in [5.41, 5.74) is 1.63. The van der Waals surface area contributed by atoms with Gasteiger partial charge in [0.15, 0.2) is 0 Å². The highest BCUT2D eigenvalue weighted by Crippen LogP contribution is 2.34. The number of likely N-dealkylation sites (tertiary alicyclic amines) is 1. The first kappa shape index (κ1) is 18.0. The molecule has 2 saturated heterocycles. The fraction of sp³-hybridized carbons (Fsp3) is 0.571. The minimum Gasteiger partial charge on any atom is -0.338 e. The number of carbonyl (C=O) groups is 3. The Morgan fingerprint density at radius 1 is 1.11 bits per heavy atom. The molecule has 2 aliphatic heterocycles. The van der Waals surface area contributed by atoms with Crippen LogP contribution < -0.4 is 5.32 Å². The number of imide groups is 1. The van der Waals surface area contributed by atoms with Crippen LogP contribution in [0.15, 0.2) is 24.3 Å². The Bertz CT molecular complexity index is 770.